The number of benzene rings is 1. The molecule has 76 valence electrons. The maximum Gasteiger partial charge on any atom is 0.132 e. The van der Waals surface area contributed by atoms with Crippen molar-refractivity contribution in [3.63, 3.8) is 0 Å². The number of hydrogen-bond acceptors (Lipinski definition) is 2. The number of rotatable bonds is 1. The number of nitrogens with one attached hydrogen (secondary N) is 1. The van der Waals surface area contributed by atoms with Crippen LogP contribution in [0.25, 0.3) is 0 Å². The van der Waals surface area contributed by atoms with Crippen LogP contribution in [0.3, 0.4) is 0 Å². The first kappa shape index (κ1) is 9.55. The van der Waals surface area contributed by atoms with Gasteiger partial charge in [0.05, 0.1) is 12.2 Å². The largest absolute Gasteiger partial charge is 0.371 e. The summed E-state index contributed by atoms with van der Waals surface area (Å²) in [6, 6.07) is 3.84. The zero-order chi connectivity index (χ0) is 9.97. The molecule has 1 aliphatic heterocycles. The van der Waals surface area contributed by atoms with Crippen molar-refractivity contribution in [2.24, 2.45) is 0 Å². The molecule has 1 aromatic carbocycles. The highest BCUT2D eigenvalue weighted by Crippen LogP contribution is 2.24. The van der Waals surface area contributed by atoms with Crippen LogP contribution < -0.4 is 5.32 Å². The Morgan fingerprint density at radius 3 is 2.57 bits per heavy atom. The summed E-state index contributed by atoms with van der Waals surface area (Å²) in [6.07, 6.45) is -0.509. The topological polar surface area (TPSA) is 21.3 Å². The fourth-order valence-corrected chi connectivity index (χ4v) is 1.57. The van der Waals surface area contributed by atoms with Crippen molar-refractivity contribution >= 4 is 0 Å². The molecular weight excluding hydrogens is 188 g/mol. The van der Waals surface area contributed by atoms with E-state index in [1.54, 1.807) is 0 Å². The molecule has 0 spiro atoms. The van der Waals surface area contributed by atoms with Crippen LogP contribution in [-0.2, 0) is 4.74 Å². The second-order valence-corrected chi connectivity index (χ2v) is 3.20. The maximum atomic E-state index is 13.3. The number of hydrogen-bond donors (Lipinski definition) is 1. The summed E-state index contributed by atoms with van der Waals surface area (Å²) < 4.78 is 31.9. The molecule has 1 aliphatic rings. The van der Waals surface area contributed by atoms with Gasteiger partial charge in [-0.3, -0.25) is 0 Å². The van der Waals surface area contributed by atoms with Gasteiger partial charge >= 0.3 is 0 Å². The van der Waals surface area contributed by atoms with Crippen molar-refractivity contribution in [1.29, 1.82) is 0 Å². The summed E-state index contributed by atoms with van der Waals surface area (Å²) in [5.74, 6) is -1.09. The Hall–Kier alpha value is -1.00. The molecule has 0 saturated carbocycles. The number of ether oxygens (including phenoxy) is 1. The van der Waals surface area contributed by atoms with Gasteiger partial charge in [0.25, 0.3) is 0 Å². The van der Waals surface area contributed by atoms with E-state index in [1.165, 1.54) is 18.2 Å². The predicted octanol–water partition coefficient (Wildman–Crippen LogP) is 1.63. The van der Waals surface area contributed by atoms with Crippen LogP contribution in [0.4, 0.5) is 8.78 Å². The van der Waals surface area contributed by atoms with E-state index < -0.39 is 17.7 Å². The molecule has 1 unspecified atom stereocenters. The quantitative estimate of drug-likeness (QED) is 0.742. The van der Waals surface area contributed by atoms with Gasteiger partial charge in [-0.15, -0.1) is 0 Å². The van der Waals surface area contributed by atoms with E-state index in [9.17, 15) is 8.78 Å². The van der Waals surface area contributed by atoms with E-state index in [1.807, 2.05) is 0 Å². The average Bonchev–Trinajstić information content (AvgIpc) is 2.19. The molecule has 0 amide bonds. The standard InChI is InChI=1S/C10H11F2NO/c11-7-2-1-3-8(12)10(7)9-6-13-4-5-14-9/h1-3,9,13H,4-6H2. The third-order valence-corrected chi connectivity index (χ3v) is 2.25. The van der Waals surface area contributed by atoms with E-state index in [-0.39, 0.29) is 5.56 Å². The average molecular weight is 199 g/mol. The van der Waals surface area contributed by atoms with Gasteiger partial charge in [-0.05, 0) is 12.1 Å². The van der Waals surface area contributed by atoms with E-state index in [0.29, 0.717) is 13.2 Å². The lowest BCUT2D eigenvalue weighted by molar-refractivity contribution is 0.0232. The molecule has 4 heteroatoms. The molecule has 1 saturated heterocycles. The van der Waals surface area contributed by atoms with Crippen LogP contribution in [-0.4, -0.2) is 19.7 Å². The van der Waals surface area contributed by atoms with Crippen LogP contribution in [0.2, 0.25) is 0 Å². The molecular formula is C10H11F2NO. The Morgan fingerprint density at radius 1 is 1.29 bits per heavy atom. The van der Waals surface area contributed by atoms with Crippen molar-refractivity contribution in [1.82, 2.24) is 5.32 Å². The fourth-order valence-electron chi connectivity index (χ4n) is 1.57. The van der Waals surface area contributed by atoms with Crippen LogP contribution in [0.5, 0.6) is 0 Å². The van der Waals surface area contributed by atoms with E-state index in [0.717, 1.165) is 6.54 Å². The zero-order valence-corrected chi connectivity index (χ0v) is 7.59. The van der Waals surface area contributed by atoms with Crippen molar-refractivity contribution < 1.29 is 13.5 Å². The van der Waals surface area contributed by atoms with Gasteiger partial charge in [-0.1, -0.05) is 6.07 Å². The molecule has 1 atom stereocenters. The second-order valence-electron chi connectivity index (χ2n) is 3.20. The van der Waals surface area contributed by atoms with Gasteiger partial charge < -0.3 is 10.1 Å². The molecule has 1 aromatic rings. The number of halogens is 2. The van der Waals surface area contributed by atoms with E-state index in [2.05, 4.69) is 5.32 Å². The Morgan fingerprint density at radius 2 is 2.00 bits per heavy atom. The first-order chi connectivity index (χ1) is 6.79. The third kappa shape index (κ3) is 1.76. The molecule has 14 heavy (non-hydrogen) atoms. The molecule has 1 heterocycles. The van der Waals surface area contributed by atoms with Crippen LogP contribution in [0.1, 0.15) is 11.7 Å². The van der Waals surface area contributed by atoms with Crippen LogP contribution >= 0.6 is 0 Å². The lowest BCUT2D eigenvalue weighted by Crippen LogP contribution is -2.34. The fraction of sp³-hybridized carbons (Fsp3) is 0.400. The molecule has 2 rings (SSSR count). The monoisotopic (exact) mass is 199 g/mol. The smallest absolute Gasteiger partial charge is 0.132 e. The highest BCUT2D eigenvalue weighted by Gasteiger charge is 2.22. The molecule has 2 nitrogen and oxygen atoms in total. The van der Waals surface area contributed by atoms with Crippen LogP contribution in [0.15, 0.2) is 18.2 Å². The van der Waals surface area contributed by atoms with E-state index >= 15 is 0 Å². The summed E-state index contributed by atoms with van der Waals surface area (Å²) in [6.45, 7) is 1.67. The Bertz CT molecular complexity index is 304. The highest BCUT2D eigenvalue weighted by molar-refractivity contribution is 5.22. The minimum absolute atomic E-state index is 0.0275. The van der Waals surface area contributed by atoms with Crippen molar-refractivity contribution in [2.75, 3.05) is 19.7 Å². The molecule has 1 fully saturated rings. The minimum Gasteiger partial charge on any atom is -0.371 e. The summed E-state index contributed by atoms with van der Waals surface area (Å²) >= 11 is 0. The number of morpholine rings is 1. The SMILES string of the molecule is Fc1cccc(F)c1C1CNCCO1. The van der Waals surface area contributed by atoms with Gasteiger partial charge in [-0.25, -0.2) is 8.78 Å². The lowest BCUT2D eigenvalue weighted by Gasteiger charge is -2.24. The summed E-state index contributed by atoms with van der Waals surface area (Å²) in [7, 11) is 0. The molecule has 0 bridgehead atoms. The molecule has 0 radical (unpaired) electrons. The summed E-state index contributed by atoms with van der Waals surface area (Å²) in [5, 5.41) is 3.03. The first-order valence-electron chi connectivity index (χ1n) is 4.55. The molecule has 0 aliphatic carbocycles. The second kappa shape index (κ2) is 4.02. The molecule has 1 N–H and O–H groups in total. The highest BCUT2D eigenvalue weighted by atomic mass is 19.1. The minimum atomic E-state index is -0.543. The lowest BCUT2D eigenvalue weighted by atomic mass is 10.1. The normalized spacial score (nSPS) is 22.3. The van der Waals surface area contributed by atoms with E-state index in [4.69, 9.17) is 4.74 Å². The van der Waals surface area contributed by atoms with Crippen molar-refractivity contribution in [3.8, 4) is 0 Å². The summed E-state index contributed by atoms with van der Waals surface area (Å²) in [5.41, 5.74) is 0.0275. The first-order valence-corrected chi connectivity index (χ1v) is 4.55. The van der Waals surface area contributed by atoms with Gasteiger partial charge in [0.1, 0.15) is 17.7 Å². The maximum absolute atomic E-state index is 13.3. The Kier molecular flexibility index (Phi) is 2.74. The van der Waals surface area contributed by atoms with Crippen LogP contribution in [0, 0.1) is 11.6 Å². The predicted molar refractivity (Wildman–Crippen MR) is 47.9 cm³/mol. The van der Waals surface area contributed by atoms with Gasteiger partial charge in [0.15, 0.2) is 0 Å². The molecule has 0 aromatic heterocycles. The van der Waals surface area contributed by atoms with Gasteiger partial charge in [-0.2, -0.15) is 0 Å². The van der Waals surface area contributed by atoms with Crippen molar-refractivity contribution in [2.45, 2.75) is 6.10 Å². The van der Waals surface area contributed by atoms with Gasteiger partial charge in [0.2, 0.25) is 0 Å². The Labute approximate surface area is 80.9 Å². The van der Waals surface area contributed by atoms with Crippen molar-refractivity contribution in [3.05, 3.63) is 35.4 Å². The Balaban J connectivity index is 2.29. The van der Waals surface area contributed by atoms with Gasteiger partial charge in [0, 0.05) is 13.1 Å². The zero-order valence-electron chi connectivity index (χ0n) is 7.59. The summed E-state index contributed by atoms with van der Waals surface area (Å²) in [4.78, 5) is 0. The third-order valence-electron chi connectivity index (χ3n) is 2.25.